The number of nitrogens with one attached hydrogen (secondary N) is 2. The molecular formula is C18H26N4O2S. The number of piperidine rings is 1. The lowest BCUT2D eigenvalue weighted by molar-refractivity contribution is 0.568. The first kappa shape index (κ1) is 18.1. The number of sulfonamides is 1. The van der Waals surface area contributed by atoms with E-state index in [0.29, 0.717) is 19.6 Å². The Labute approximate surface area is 149 Å². The standard InChI is InChI=1S/C18H26N4O2S/c1-25(23,24)20-10-9-19-14-16-13-15-7-3-4-8-17(15)21-18(16)22-11-5-2-6-12-22/h3-4,7-8,13,19-20H,2,5-6,9-12,14H2,1H3. The van der Waals surface area contributed by atoms with E-state index in [-0.39, 0.29) is 0 Å². The molecule has 0 saturated carbocycles. The van der Waals surface area contributed by atoms with Gasteiger partial charge in [-0.2, -0.15) is 0 Å². The first-order valence-electron chi connectivity index (χ1n) is 8.82. The third-order valence-corrected chi connectivity index (χ3v) is 5.15. The molecule has 0 aliphatic carbocycles. The molecule has 1 aliphatic heterocycles. The van der Waals surface area contributed by atoms with Crippen molar-refractivity contribution in [2.75, 3.05) is 37.3 Å². The Hall–Kier alpha value is -1.70. The number of pyridine rings is 1. The van der Waals surface area contributed by atoms with E-state index in [2.05, 4.69) is 33.1 Å². The van der Waals surface area contributed by atoms with Gasteiger partial charge >= 0.3 is 0 Å². The predicted molar refractivity (Wildman–Crippen MR) is 102 cm³/mol. The Morgan fingerprint density at radius 1 is 1.12 bits per heavy atom. The summed E-state index contributed by atoms with van der Waals surface area (Å²) in [4.78, 5) is 7.29. The predicted octanol–water partition coefficient (Wildman–Crippen LogP) is 1.86. The summed E-state index contributed by atoms with van der Waals surface area (Å²) in [5.41, 5.74) is 2.19. The van der Waals surface area contributed by atoms with Gasteiger partial charge in [-0.1, -0.05) is 18.2 Å². The zero-order valence-corrected chi connectivity index (χ0v) is 15.5. The Balaban J connectivity index is 1.74. The number of hydrogen-bond acceptors (Lipinski definition) is 5. The summed E-state index contributed by atoms with van der Waals surface area (Å²) in [6, 6.07) is 10.4. The molecule has 3 rings (SSSR count). The van der Waals surface area contributed by atoms with Crippen molar-refractivity contribution in [3.8, 4) is 0 Å². The van der Waals surface area contributed by atoms with Gasteiger partial charge in [0, 0.05) is 43.7 Å². The number of nitrogens with zero attached hydrogens (tertiary/aromatic N) is 2. The van der Waals surface area contributed by atoms with Crippen molar-refractivity contribution in [1.82, 2.24) is 15.0 Å². The molecule has 7 heteroatoms. The number of benzene rings is 1. The smallest absolute Gasteiger partial charge is 0.208 e. The second-order valence-electron chi connectivity index (χ2n) is 6.55. The van der Waals surface area contributed by atoms with Crippen LogP contribution in [0.4, 0.5) is 5.82 Å². The lowest BCUT2D eigenvalue weighted by Gasteiger charge is -2.30. The molecule has 2 aromatic rings. The molecule has 1 aromatic heterocycles. The molecular weight excluding hydrogens is 336 g/mol. The average Bonchev–Trinajstić information content (AvgIpc) is 2.60. The first-order chi connectivity index (χ1) is 12.0. The summed E-state index contributed by atoms with van der Waals surface area (Å²) in [6.07, 6.45) is 4.88. The fourth-order valence-corrected chi connectivity index (χ4v) is 3.68. The van der Waals surface area contributed by atoms with Crippen LogP contribution in [0.1, 0.15) is 24.8 Å². The van der Waals surface area contributed by atoms with Crippen molar-refractivity contribution >= 4 is 26.7 Å². The van der Waals surface area contributed by atoms with Crippen LogP contribution < -0.4 is 14.9 Å². The summed E-state index contributed by atoms with van der Waals surface area (Å²) in [6.45, 7) is 3.75. The van der Waals surface area contributed by atoms with Gasteiger partial charge in [-0.15, -0.1) is 0 Å². The number of fused-ring (bicyclic) bond motifs is 1. The largest absolute Gasteiger partial charge is 0.356 e. The quantitative estimate of drug-likeness (QED) is 0.736. The number of aromatic nitrogens is 1. The van der Waals surface area contributed by atoms with Crippen molar-refractivity contribution < 1.29 is 8.42 Å². The van der Waals surface area contributed by atoms with Gasteiger partial charge in [0.15, 0.2) is 0 Å². The maximum Gasteiger partial charge on any atom is 0.208 e. The van der Waals surface area contributed by atoms with Crippen molar-refractivity contribution in [2.24, 2.45) is 0 Å². The molecule has 0 amide bonds. The van der Waals surface area contributed by atoms with E-state index in [1.165, 1.54) is 31.1 Å². The third-order valence-electron chi connectivity index (χ3n) is 4.42. The van der Waals surface area contributed by atoms with Gasteiger partial charge in [0.2, 0.25) is 10.0 Å². The number of hydrogen-bond donors (Lipinski definition) is 2. The lowest BCUT2D eigenvalue weighted by atomic mass is 10.1. The molecule has 1 fully saturated rings. The Morgan fingerprint density at radius 2 is 1.88 bits per heavy atom. The fraction of sp³-hybridized carbons (Fsp3) is 0.500. The van der Waals surface area contributed by atoms with Gasteiger partial charge in [-0.3, -0.25) is 0 Å². The van der Waals surface area contributed by atoms with Gasteiger partial charge in [0.1, 0.15) is 5.82 Å². The highest BCUT2D eigenvalue weighted by molar-refractivity contribution is 7.88. The van der Waals surface area contributed by atoms with Crippen LogP contribution in [0.15, 0.2) is 30.3 Å². The molecule has 0 bridgehead atoms. The first-order valence-corrected chi connectivity index (χ1v) is 10.7. The van der Waals surface area contributed by atoms with Gasteiger partial charge in [-0.25, -0.2) is 18.1 Å². The van der Waals surface area contributed by atoms with E-state index in [1.54, 1.807) is 0 Å². The van der Waals surface area contributed by atoms with Gasteiger partial charge in [0.05, 0.1) is 11.8 Å². The zero-order valence-electron chi connectivity index (χ0n) is 14.7. The van der Waals surface area contributed by atoms with Crippen molar-refractivity contribution in [3.63, 3.8) is 0 Å². The highest BCUT2D eigenvalue weighted by atomic mass is 32.2. The van der Waals surface area contributed by atoms with Crippen molar-refractivity contribution in [3.05, 3.63) is 35.9 Å². The molecule has 1 saturated heterocycles. The van der Waals surface area contributed by atoms with Crippen molar-refractivity contribution in [2.45, 2.75) is 25.8 Å². The maximum atomic E-state index is 11.1. The second kappa shape index (κ2) is 8.12. The van der Waals surface area contributed by atoms with Gasteiger partial charge in [-0.05, 0) is 31.4 Å². The van der Waals surface area contributed by atoms with E-state index >= 15 is 0 Å². The zero-order chi connectivity index (χ0) is 17.7. The maximum absolute atomic E-state index is 11.1. The lowest BCUT2D eigenvalue weighted by Crippen LogP contribution is -2.33. The molecule has 0 spiro atoms. The summed E-state index contributed by atoms with van der Waals surface area (Å²) in [5, 5.41) is 4.46. The van der Waals surface area contributed by atoms with E-state index in [4.69, 9.17) is 4.98 Å². The van der Waals surface area contributed by atoms with Crippen LogP contribution in [0.25, 0.3) is 10.9 Å². The summed E-state index contributed by atoms with van der Waals surface area (Å²) in [5.74, 6) is 1.06. The molecule has 2 heterocycles. The molecule has 25 heavy (non-hydrogen) atoms. The number of anilines is 1. The van der Waals surface area contributed by atoms with Gasteiger partial charge in [0.25, 0.3) is 0 Å². The van der Waals surface area contributed by atoms with E-state index in [9.17, 15) is 8.42 Å². The molecule has 0 unspecified atom stereocenters. The van der Waals surface area contributed by atoms with E-state index in [1.807, 2.05) is 12.1 Å². The minimum absolute atomic E-state index is 0.388. The minimum Gasteiger partial charge on any atom is -0.356 e. The highest BCUT2D eigenvalue weighted by Crippen LogP contribution is 2.26. The number of para-hydroxylation sites is 1. The molecule has 2 N–H and O–H groups in total. The third kappa shape index (κ3) is 5.14. The molecule has 1 aliphatic rings. The number of rotatable bonds is 7. The van der Waals surface area contributed by atoms with Crippen LogP contribution in [0, 0.1) is 0 Å². The van der Waals surface area contributed by atoms with Crippen LogP contribution >= 0.6 is 0 Å². The molecule has 0 radical (unpaired) electrons. The van der Waals surface area contributed by atoms with Crippen molar-refractivity contribution in [1.29, 1.82) is 0 Å². The molecule has 0 atom stereocenters. The highest BCUT2D eigenvalue weighted by Gasteiger charge is 2.16. The SMILES string of the molecule is CS(=O)(=O)NCCNCc1cc2ccccc2nc1N1CCCCC1. The Kier molecular flexibility index (Phi) is 5.88. The fourth-order valence-electron chi connectivity index (χ4n) is 3.21. The molecule has 6 nitrogen and oxygen atoms in total. The summed E-state index contributed by atoms with van der Waals surface area (Å²) < 4.78 is 24.7. The van der Waals surface area contributed by atoms with Crippen LogP contribution in [0.5, 0.6) is 0 Å². The Bertz CT molecular complexity index is 817. The van der Waals surface area contributed by atoms with Crippen LogP contribution in [0.2, 0.25) is 0 Å². The summed E-state index contributed by atoms with van der Waals surface area (Å²) in [7, 11) is -3.13. The van der Waals surface area contributed by atoms with E-state index in [0.717, 1.165) is 29.8 Å². The Morgan fingerprint density at radius 3 is 2.64 bits per heavy atom. The van der Waals surface area contributed by atoms with Crippen LogP contribution in [0.3, 0.4) is 0 Å². The minimum atomic E-state index is -3.13. The average molecular weight is 362 g/mol. The van der Waals surface area contributed by atoms with Crippen LogP contribution in [-0.2, 0) is 16.6 Å². The van der Waals surface area contributed by atoms with Gasteiger partial charge < -0.3 is 10.2 Å². The topological polar surface area (TPSA) is 74.3 Å². The normalized spacial score (nSPS) is 15.6. The van der Waals surface area contributed by atoms with Crippen LogP contribution in [-0.4, -0.2) is 45.8 Å². The second-order valence-corrected chi connectivity index (χ2v) is 8.39. The molecule has 136 valence electrons. The summed E-state index contributed by atoms with van der Waals surface area (Å²) >= 11 is 0. The monoisotopic (exact) mass is 362 g/mol. The molecule has 1 aromatic carbocycles. The van der Waals surface area contributed by atoms with E-state index < -0.39 is 10.0 Å².